The van der Waals surface area contributed by atoms with Crippen molar-refractivity contribution < 1.29 is 9.47 Å². The number of ether oxygens (including phenoxy) is 2. The third-order valence-electron chi connectivity index (χ3n) is 4.83. The summed E-state index contributed by atoms with van der Waals surface area (Å²) < 4.78 is 11.7. The predicted molar refractivity (Wildman–Crippen MR) is 79.7 cm³/mol. The molecular weight excluding hydrogens is 250 g/mol. The fourth-order valence-electron chi connectivity index (χ4n) is 3.28. The van der Waals surface area contributed by atoms with Gasteiger partial charge in [-0.1, -0.05) is 19.1 Å². The van der Waals surface area contributed by atoms with Gasteiger partial charge in [0.2, 0.25) is 0 Å². The van der Waals surface area contributed by atoms with Gasteiger partial charge in [-0.15, -0.1) is 0 Å². The van der Waals surface area contributed by atoms with E-state index in [2.05, 4.69) is 32.9 Å². The Balaban J connectivity index is 1.71. The maximum absolute atomic E-state index is 6.49. The molecule has 3 nitrogen and oxygen atoms in total. The number of nitrogens with two attached hydrogens (primary N) is 1. The molecule has 5 atom stereocenters. The SMILES string of the molecule is CC1OC(C)C(C(N)c2ccc(OC3CC3)cc2)C1C. The van der Waals surface area contributed by atoms with E-state index in [0.717, 1.165) is 5.75 Å². The Hall–Kier alpha value is -1.06. The molecule has 20 heavy (non-hydrogen) atoms. The molecule has 0 bridgehead atoms. The second-order valence-electron chi connectivity index (χ2n) is 6.39. The Morgan fingerprint density at radius 1 is 1.10 bits per heavy atom. The van der Waals surface area contributed by atoms with Gasteiger partial charge in [0.25, 0.3) is 0 Å². The quantitative estimate of drug-likeness (QED) is 0.917. The van der Waals surface area contributed by atoms with Crippen LogP contribution in [0.25, 0.3) is 0 Å². The van der Waals surface area contributed by atoms with Crippen molar-refractivity contribution in [2.45, 2.75) is 58.0 Å². The first-order chi connectivity index (χ1) is 9.56. The number of rotatable bonds is 4. The first-order valence-corrected chi connectivity index (χ1v) is 7.74. The van der Waals surface area contributed by atoms with E-state index >= 15 is 0 Å². The second kappa shape index (κ2) is 5.38. The molecule has 1 saturated heterocycles. The summed E-state index contributed by atoms with van der Waals surface area (Å²) in [7, 11) is 0. The van der Waals surface area contributed by atoms with Crippen LogP contribution in [0.15, 0.2) is 24.3 Å². The lowest BCUT2D eigenvalue weighted by molar-refractivity contribution is 0.0489. The molecule has 110 valence electrons. The molecule has 2 N–H and O–H groups in total. The van der Waals surface area contributed by atoms with Crippen molar-refractivity contribution in [3.8, 4) is 5.75 Å². The van der Waals surface area contributed by atoms with Crippen LogP contribution in [0, 0.1) is 11.8 Å². The molecule has 1 aliphatic carbocycles. The first kappa shape index (κ1) is 13.9. The molecule has 1 saturated carbocycles. The summed E-state index contributed by atoms with van der Waals surface area (Å²) in [5.74, 6) is 1.82. The van der Waals surface area contributed by atoms with Crippen LogP contribution >= 0.6 is 0 Å². The molecule has 5 unspecified atom stereocenters. The van der Waals surface area contributed by atoms with Gasteiger partial charge in [0.15, 0.2) is 0 Å². The summed E-state index contributed by atoms with van der Waals surface area (Å²) in [6.45, 7) is 6.51. The zero-order chi connectivity index (χ0) is 14.3. The summed E-state index contributed by atoms with van der Waals surface area (Å²) in [6, 6.07) is 8.32. The van der Waals surface area contributed by atoms with E-state index < -0.39 is 0 Å². The standard InChI is InChI=1S/C17H25NO2/c1-10-11(2)19-12(3)16(10)17(18)13-4-6-14(7-5-13)20-15-8-9-15/h4-7,10-12,15-17H,8-9,18H2,1-3H3. The van der Waals surface area contributed by atoms with Gasteiger partial charge in [-0.05, 0) is 50.3 Å². The lowest BCUT2D eigenvalue weighted by Gasteiger charge is -2.26. The number of benzene rings is 1. The van der Waals surface area contributed by atoms with E-state index in [9.17, 15) is 0 Å². The third kappa shape index (κ3) is 2.70. The lowest BCUT2D eigenvalue weighted by Crippen LogP contribution is -2.30. The summed E-state index contributed by atoms with van der Waals surface area (Å²) in [4.78, 5) is 0. The molecule has 2 fully saturated rings. The third-order valence-corrected chi connectivity index (χ3v) is 4.83. The van der Waals surface area contributed by atoms with Crippen molar-refractivity contribution in [2.24, 2.45) is 17.6 Å². The van der Waals surface area contributed by atoms with Crippen LogP contribution in [0.2, 0.25) is 0 Å². The smallest absolute Gasteiger partial charge is 0.119 e. The van der Waals surface area contributed by atoms with Crippen LogP contribution in [0.5, 0.6) is 5.75 Å². The Kier molecular flexibility index (Phi) is 3.74. The number of hydrogen-bond acceptors (Lipinski definition) is 3. The molecule has 1 aromatic rings. The van der Waals surface area contributed by atoms with E-state index in [4.69, 9.17) is 15.2 Å². The Bertz CT molecular complexity index is 455. The van der Waals surface area contributed by atoms with Crippen LogP contribution in [-0.2, 0) is 4.74 Å². The molecule has 1 aromatic carbocycles. The summed E-state index contributed by atoms with van der Waals surface area (Å²) in [6.07, 6.45) is 3.33. The van der Waals surface area contributed by atoms with Gasteiger partial charge in [0, 0.05) is 12.0 Å². The monoisotopic (exact) mass is 275 g/mol. The van der Waals surface area contributed by atoms with Crippen molar-refractivity contribution >= 4 is 0 Å². The lowest BCUT2D eigenvalue weighted by atomic mass is 9.81. The van der Waals surface area contributed by atoms with Crippen LogP contribution in [0.3, 0.4) is 0 Å². The zero-order valence-corrected chi connectivity index (χ0v) is 12.6. The van der Waals surface area contributed by atoms with Crippen LogP contribution in [-0.4, -0.2) is 18.3 Å². The van der Waals surface area contributed by atoms with Crippen LogP contribution < -0.4 is 10.5 Å². The summed E-state index contributed by atoms with van der Waals surface area (Å²) >= 11 is 0. The Labute approximate surface area is 121 Å². The van der Waals surface area contributed by atoms with E-state index in [1.54, 1.807) is 0 Å². The molecular formula is C17H25NO2. The fourth-order valence-corrected chi connectivity index (χ4v) is 3.28. The Morgan fingerprint density at radius 3 is 2.25 bits per heavy atom. The van der Waals surface area contributed by atoms with Gasteiger partial charge >= 0.3 is 0 Å². The molecule has 1 heterocycles. The molecule has 0 spiro atoms. The topological polar surface area (TPSA) is 44.5 Å². The van der Waals surface area contributed by atoms with E-state index in [0.29, 0.717) is 24.0 Å². The van der Waals surface area contributed by atoms with Crippen molar-refractivity contribution in [3.63, 3.8) is 0 Å². The fraction of sp³-hybridized carbons (Fsp3) is 0.647. The minimum atomic E-state index is 0.0277. The highest BCUT2D eigenvalue weighted by molar-refractivity contribution is 5.30. The minimum Gasteiger partial charge on any atom is -0.490 e. The van der Waals surface area contributed by atoms with E-state index in [1.165, 1.54) is 18.4 Å². The molecule has 1 aliphatic heterocycles. The highest BCUT2D eigenvalue weighted by atomic mass is 16.5. The first-order valence-electron chi connectivity index (χ1n) is 7.74. The molecule has 3 rings (SSSR count). The van der Waals surface area contributed by atoms with Crippen LogP contribution in [0.4, 0.5) is 0 Å². The summed E-state index contributed by atoms with van der Waals surface area (Å²) in [5.41, 5.74) is 7.66. The van der Waals surface area contributed by atoms with Crippen molar-refractivity contribution in [1.82, 2.24) is 0 Å². The average Bonchev–Trinajstić information content (AvgIpc) is 3.19. The van der Waals surface area contributed by atoms with E-state index in [1.807, 2.05) is 12.1 Å². The summed E-state index contributed by atoms with van der Waals surface area (Å²) in [5, 5.41) is 0. The molecule has 0 amide bonds. The predicted octanol–water partition coefficient (Wildman–Crippen LogP) is 3.29. The highest BCUT2D eigenvalue weighted by Crippen LogP contribution is 2.39. The second-order valence-corrected chi connectivity index (χ2v) is 6.39. The average molecular weight is 275 g/mol. The largest absolute Gasteiger partial charge is 0.490 e. The van der Waals surface area contributed by atoms with Gasteiger partial charge < -0.3 is 15.2 Å². The number of hydrogen-bond donors (Lipinski definition) is 1. The molecule has 3 heteroatoms. The Morgan fingerprint density at radius 2 is 1.75 bits per heavy atom. The minimum absolute atomic E-state index is 0.0277. The van der Waals surface area contributed by atoms with Crippen molar-refractivity contribution in [2.75, 3.05) is 0 Å². The maximum atomic E-state index is 6.49. The van der Waals surface area contributed by atoms with Gasteiger partial charge in [-0.25, -0.2) is 0 Å². The molecule has 2 aliphatic rings. The van der Waals surface area contributed by atoms with Gasteiger partial charge in [-0.3, -0.25) is 0 Å². The van der Waals surface area contributed by atoms with Crippen LogP contribution in [0.1, 0.15) is 45.2 Å². The normalized spacial score (nSPS) is 35.0. The van der Waals surface area contributed by atoms with Gasteiger partial charge in [0.05, 0.1) is 18.3 Å². The van der Waals surface area contributed by atoms with E-state index in [-0.39, 0.29) is 12.1 Å². The van der Waals surface area contributed by atoms with Gasteiger partial charge in [-0.2, -0.15) is 0 Å². The zero-order valence-electron chi connectivity index (χ0n) is 12.6. The molecule has 0 aromatic heterocycles. The highest BCUT2D eigenvalue weighted by Gasteiger charge is 2.40. The molecule has 0 radical (unpaired) electrons. The van der Waals surface area contributed by atoms with Gasteiger partial charge in [0.1, 0.15) is 5.75 Å². The van der Waals surface area contributed by atoms with Crippen molar-refractivity contribution in [3.05, 3.63) is 29.8 Å². The maximum Gasteiger partial charge on any atom is 0.119 e. The van der Waals surface area contributed by atoms with Crippen molar-refractivity contribution in [1.29, 1.82) is 0 Å².